The number of ether oxygens (including phenoxy) is 1. The van der Waals surface area contributed by atoms with Crippen LogP contribution in [0.15, 0.2) is 51.7 Å². The summed E-state index contributed by atoms with van der Waals surface area (Å²) < 4.78 is 11.6. The fourth-order valence-electron chi connectivity index (χ4n) is 4.11. The first-order chi connectivity index (χ1) is 15.6. The molecule has 5 rings (SSSR count). The summed E-state index contributed by atoms with van der Waals surface area (Å²) in [6.07, 6.45) is 1.49. The molecule has 2 aromatic heterocycles. The largest absolute Gasteiger partial charge is 0.496 e. The van der Waals surface area contributed by atoms with Crippen molar-refractivity contribution in [2.24, 2.45) is 0 Å². The monoisotopic (exact) mass is 447 g/mol. The summed E-state index contributed by atoms with van der Waals surface area (Å²) in [4.78, 5) is 28.8. The number of rotatable bonds is 5. The van der Waals surface area contributed by atoms with Gasteiger partial charge in [-0.2, -0.15) is 0 Å². The van der Waals surface area contributed by atoms with Gasteiger partial charge in [0.05, 0.1) is 18.1 Å². The molecule has 0 saturated heterocycles. The van der Waals surface area contributed by atoms with Gasteiger partial charge in [-0.15, -0.1) is 10.2 Å². The SMILES string of the molecule is CCc1ccc2oc3c(c(=O)c2c1)C(c1ccccc1OC)N(c1nnc(CC)s1)C3=O. The van der Waals surface area contributed by atoms with E-state index in [0.29, 0.717) is 39.4 Å². The molecule has 1 aliphatic heterocycles. The highest BCUT2D eigenvalue weighted by molar-refractivity contribution is 7.15. The normalized spacial score (nSPS) is 15.4. The maximum Gasteiger partial charge on any atom is 0.297 e. The highest BCUT2D eigenvalue weighted by atomic mass is 32.1. The van der Waals surface area contributed by atoms with E-state index in [4.69, 9.17) is 9.15 Å². The molecule has 0 bridgehead atoms. The average molecular weight is 448 g/mol. The maximum absolute atomic E-state index is 13.7. The first-order valence-corrected chi connectivity index (χ1v) is 11.3. The third-order valence-corrected chi connectivity index (χ3v) is 6.81. The van der Waals surface area contributed by atoms with Gasteiger partial charge in [0.25, 0.3) is 5.91 Å². The molecule has 0 spiro atoms. The first-order valence-electron chi connectivity index (χ1n) is 10.5. The summed E-state index contributed by atoms with van der Waals surface area (Å²) >= 11 is 1.33. The lowest BCUT2D eigenvalue weighted by atomic mass is 9.97. The van der Waals surface area contributed by atoms with Crippen molar-refractivity contribution < 1.29 is 13.9 Å². The summed E-state index contributed by atoms with van der Waals surface area (Å²) in [5.74, 6) is 0.203. The average Bonchev–Trinajstić information content (AvgIpc) is 3.41. The molecule has 1 unspecified atom stereocenters. The molecule has 0 aliphatic carbocycles. The second-order valence-corrected chi connectivity index (χ2v) is 8.55. The smallest absolute Gasteiger partial charge is 0.297 e. The Kier molecular flexibility index (Phi) is 5.01. The molecule has 0 radical (unpaired) electrons. The quantitative estimate of drug-likeness (QED) is 0.447. The Bertz CT molecular complexity index is 1410. The number of methoxy groups -OCH3 is 1. The van der Waals surface area contributed by atoms with Crippen molar-refractivity contribution in [3.63, 3.8) is 0 Å². The maximum atomic E-state index is 13.7. The number of para-hydroxylation sites is 1. The highest BCUT2D eigenvalue weighted by Gasteiger charge is 2.46. The Balaban J connectivity index is 1.82. The number of fused-ring (bicyclic) bond motifs is 2. The number of anilines is 1. The molecule has 0 saturated carbocycles. The molecular weight excluding hydrogens is 426 g/mol. The minimum absolute atomic E-state index is 0.0379. The zero-order valence-electron chi connectivity index (χ0n) is 17.9. The minimum Gasteiger partial charge on any atom is -0.496 e. The number of nitrogens with zero attached hydrogens (tertiary/aromatic N) is 3. The second kappa shape index (κ2) is 7.87. The van der Waals surface area contributed by atoms with E-state index in [2.05, 4.69) is 10.2 Å². The lowest BCUT2D eigenvalue weighted by molar-refractivity contribution is 0.0970. The van der Waals surface area contributed by atoms with Gasteiger partial charge >= 0.3 is 0 Å². The van der Waals surface area contributed by atoms with Gasteiger partial charge in [0.1, 0.15) is 22.4 Å². The Morgan fingerprint density at radius 1 is 1.09 bits per heavy atom. The fraction of sp³-hybridized carbons (Fsp3) is 0.250. The van der Waals surface area contributed by atoms with Gasteiger partial charge < -0.3 is 9.15 Å². The van der Waals surface area contributed by atoms with E-state index in [1.165, 1.54) is 16.2 Å². The predicted molar refractivity (Wildman–Crippen MR) is 123 cm³/mol. The number of carbonyl (C=O) groups excluding carboxylic acids is 1. The van der Waals surface area contributed by atoms with Gasteiger partial charge in [0, 0.05) is 5.56 Å². The van der Waals surface area contributed by atoms with E-state index in [1.807, 2.05) is 50.2 Å². The fourth-order valence-corrected chi connectivity index (χ4v) is 4.91. The van der Waals surface area contributed by atoms with Crippen molar-refractivity contribution in [3.8, 4) is 5.75 Å². The Labute approximate surface area is 188 Å². The number of carbonyl (C=O) groups is 1. The predicted octanol–water partition coefficient (Wildman–Crippen LogP) is 4.53. The third-order valence-electron chi connectivity index (χ3n) is 5.74. The second-order valence-electron chi connectivity index (χ2n) is 7.51. The van der Waals surface area contributed by atoms with Crippen LogP contribution >= 0.6 is 11.3 Å². The van der Waals surface area contributed by atoms with Crippen molar-refractivity contribution in [2.75, 3.05) is 12.0 Å². The molecule has 32 heavy (non-hydrogen) atoms. The lowest BCUT2D eigenvalue weighted by Crippen LogP contribution is -2.29. The van der Waals surface area contributed by atoms with Crippen LogP contribution in [0.1, 0.15) is 52.1 Å². The third kappa shape index (κ3) is 3.02. The Hall–Kier alpha value is -3.52. The van der Waals surface area contributed by atoms with E-state index in [0.717, 1.165) is 17.0 Å². The van der Waals surface area contributed by atoms with Crippen LogP contribution in [0, 0.1) is 0 Å². The molecule has 1 aliphatic rings. The van der Waals surface area contributed by atoms with Crippen LogP contribution in [0.3, 0.4) is 0 Å². The summed E-state index contributed by atoms with van der Waals surface area (Å²) in [5.41, 5.74) is 2.19. The number of amides is 1. The molecule has 2 aromatic carbocycles. The van der Waals surface area contributed by atoms with Gasteiger partial charge in [0.2, 0.25) is 10.9 Å². The summed E-state index contributed by atoms with van der Waals surface area (Å²) in [6, 6.07) is 12.1. The van der Waals surface area contributed by atoms with E-state index in [-0.39, 0.29) is 11.2 Å². The van der Waals surface area contributed by atoms with Gasteiger partial charge in [-0.25, -0.2) is 0 Å². The van der Waals surface area contributed by atoms with Gasteiger partial charge in [0.15, 0.2) is 5.43 Å². The van der Waals surface area contributed by atoms with Gasteiger partial charge in [-0.1, -0.05) is 49.4 Å². The number of aromatic nitrogens is 2. The van der Waals surface area contributed by atoms with Crippen molar-refractivity contribution >= 4 is 33.3 Å². The highest BCUT2D eigenvalue weighted by Crippen LogP contribution is 2.44. The number of hydrogen-bond donors (Lipinski definition) is 0. The van der Waals surface area contributed by atoms with Crippen LogP contribution in [0.4, 0.5) is 5.13 Å². The van der Waals surface area contributed by atoms with Crippen molar-refractivity contribution in [1.29, 1.82) is 0 Å². The number of hydrogen-bond acceptors (Lipinski definition) is 7. The van der Waals surface area contributed by atoms with Crippen LogP contribution in [0.5, 0.6) is 5.75 Å². The van der Waals surface area contributed by atoms with Crippen molar-refractivity contribution in [1.82, 2.24) is 10.2 Å². The van der Waals surface area contributed by atoms with Crippen LogP contribution in [0.25, 0.3) is 11.0 Å². The van der Waals surface area contributed by atoms with Crippen molar-refractivity contribution in [2.45, 2.75) is 32.7 Å². The first kappa shape index (κ1) is 20.4. The molecule has 7 nitrogen and oxygen atoms in total. The Morgan fingerprint density at radius 2 is 1.91 bits per heavy atom. The minimum atomic E-state index is -0.725. The standard InChI is InChI=1S/C24H21N3O4S/c1-4-13-10-11-17-15(12-13)21(28)19-20(14-8-6-7-9-16(14)30-3)27(23(29)22(19)31-17)24-26-25-18(5-2)32-24/h6-12,20H,4-5H2,1-3H3. The molecule has 0 N–H and O–H groups in total. The lowest BCUT2D eigenvalue weighted by Gasteiger charge is -2.23. The zero-order chi connectivity index (χ0) is 22.4. The topological polar surface area (TPSA) is 85.5 Å². The van der Waals surface area contributed by atoms with Gasteiger partial charge in [-0.3, -0.25) is 14.5 Å². The molecule has 162 valence electrons. The number of aryl methyl sites for hydroxylation is 2. The molecule has 3 heterocycles. The van der Waals surface area contributed by atoms with Crippen LogP contribution < -0.4 is 15.1 Å². The summed E-state index contributed by atoms with van der Waals surface area (Å²) in [6.45, 7) is 4.01. The van der Waals surface area contributed by atoms with Crippen LogP contribution in [-0.2, 0) is 12.8 Å². The van der Waals surface area contributed by atoms with Crippen LogP contribution in [-0.4, -0.2) is 23.2 Å². The summed E-state index contributed by atoms with van der Waals surface area (Å²) in [7, 11) is 1.57. The van der Waals surface area contributed by atoms with Crippen molar-refractivity contribution in [3.05, 3.63) is 80.1 Å². The summed E-state index contributed by atoms with van der Waals surface area (Å²) in [5, 5.41) is 10.1. The molecule has 4 aromatic rings. The zero-order valence-corrected chi connectivity index (χ0v) is 18.7. The molecular formula is C24H21N3O4S. The molecule has 8 heteroatoms. The van der Waals surface area contributed by atoms with Gasteiger partial charge in [-0.05, 0) is 36.6 Å². The number of benzene rings is 2. The Morgan fingerprint density at radius 3 is 2.62 bits per heavy atom. The van der Waals surface area contributed by atoms with E-state index in [1.54, 1.807) is 13.2 Å². The molecule has 1 atom stereocenters. The van der Waals surface area contributed by atoms with E-state index >= 15 is 0 Å². The van der Waals surface area contributed by atoms with Crippen LogP contribution in [0.2, 0.25) is 0 Å². The molecule has 1 amide bonds. The van der Waals surface area contributed by atoms with E-state index in [9.17, 15) is 9.59 Å². The van der Waals surface area contributed by atoms with E-state index < -0.39 is 11.9 Å². The molecule has 0 fully saturated rings.